The van der Waals surface area contributed by atoms with E-state index in [9.17, 15) is 10.1 Å². The summed E-state index contributed by atoms with van der Waals surface area (Å²) in [7, 11) is 0. The van der Waals surface area contributed by atoms with E-state index in [0.717, 1.165) is 17.6 Å². The van der Waals surface area contributed by atoms with Gasteiger partial charge in [-0.25, -0.2) is 0 Å². The van der Waals surface area contributed by atoms with Crippen LogP contribution >= 0.6 is 15.9 Å². The van der Waals surface area contributed by atoms with Gasteiger partial charge in [0.05, 0.1) is 16.7 Å². The van der Waals surface area contributed by atoms with Crippen molar-refractivity contribution < 1.29 is 9.66 Å². The van der Waals surface area contributed by atoms with E-state index in [1.54, 1.807) is 6.07 Å². The molecule has 0 radical (unpaired) electrons. The summed E-state index contributed by atoms with van der Waals surface area (Å²) in [6.45, 7) is 8.25. The van der Waals surface area contributed by atoms with Crippen LogP contribution < -0.4 is 4.90 Å². The highest BCUT2D eigenvalue weighted by atomic mass is 79.9. The molecule has 0 aromatic carbocycles. The summed E-state index contributed by atoms with van der Waals surface area (Å²) in [6.07, 6.45) is 1.45. The second-order valence-electron chi connectivity index (χ2n) is 5.95. The van der Waals surface area contributed by atoms with Gasteiger partial charge >= 0.3 is 5.82 Å². The lowest BCUT2D eigenvalue weighted by Crippen LogP contribution is -2.49. The Morgan fingerprint density at radius 1 is 1.55 bits per heavy atom. The van der Waals surface area contributed by atoms with Crippen molar-refractivity contribution in [2.75, 3.05) is 24.6 Å². The third-order valence-electron chi connectivity index (χ3n) is 3.04. The molecule has 0 N–H and O–H groups in total. The number of aromatic nitrogens is 1. The molecular weight excluding hydrogens is 326 g/mol. The van der Waals surface area contributed by atoms with Crippen LogP contribution in [0.4, 0.5) is 11.5 Å². The van der Waals surface area contributed by atoms with Crippen LogP contribution in [0.15, 0.2) is 16.7 Å². The molecule has 0 amide bonds. The van der Waals surface area contributed by atoms with Gasteiger partial charge in [-0.2, -0.15) is 0 Å². The summed E-state index contributed by atoms with van der Waals surface area (Å²) < 4.78 is 6.48. The summed E-state index contributed by atoms with van der Waals surface area (Å²) in [6, 6.07) is 1.74. The lowest BCUT2D eigenvalue weighted by molar-refractivity contribution is -0.388. The van der Waals surface area contributed by atoms with Gasteiger partial charge in [0.1, 0.15) is 5.69 Å². The van der Waals surface area contributed by atoms with Crippen molar-refractivity contribution in [2.24, 2.45) is 5.92 Å². The summed E-state index contributed by atoms with van der Waals surface area (Å²) in [4.78, 5) is 16.4. The lowest BCUT2D eigenvalue weighted by atomic mass is 10.00. The number of pyridine rings is 1. The Morgan fingerprint density at radius 2 is 2.20 bits per heavy atom. The van der Waals surface area contributed by atoms with E-state index in [4.69, 9.17) is 4.74 Å². The Morgan fingerprint density at radius 3 is 2.75 bits per heavy atom. The van der Waals surface area contributed by atoms with Crippen LogP contribution in [0.5, 0.6) is 0 Å². The third-order valence-corrected chi connectivity index (χ3v) is 3.47. The zero-order valence-corrected chi connectivity index (χ0v) is 13.4. The highest BCUT2D eigenvalue weighted by Gasteiger charge is 2.33. The van der Waals surface area contributed by atoms with Crippen LogP contribution in [0.2, 0.25) is 0 Å². The number of nitro groups is 1. The van der Waals surface area contributed by atoms with E-state index in [-0.39, 0.29) is 11.4 Å². The summed E-state index contributed by atoms with van der Waals surface area (Å²) in [5, 5.41) is 11.0. The number of ether oxygens (including phenoxy) is 1. The zero-order valence-electron chi connectivity index (χ0n) is 11.8. The van der Waals surface area contributed by atoms with Gasteiger partial charge in [0.2, 0.25) is 0 Å². The second-order valence-corrected chi connectivity index (χ2v) is 6.86. The standard InChI is InChI=1S/C13H18BrN3O3/c1-13(2,3)20-8-9-6-16(7-9)11-4-10(14)5-15-12(11)17(18)19/h4-5,9H,6-8H2,1-3H3. The van der Waals surface area contributed by atoms with Gasteiger partial charge in [0.15, 0.2) is 6.20 Å². The van der Waals surface area contributed by atoms with Crippen LogP contribution in [0.3, 0.4) is 0 Å². The van der Waals surface area contributed by atoms with Crippen LogP contribution in [0, 0.1) is 16.0 Å². The van der Waals surface area contributed by atoms with Gasteiger partial charge in [-0.05, 0) is 52.7 Å². The number of anilines is 1. The molecule has 1 saturated heterocycles. The Labute approximate surface area is 126 Å². The predicted molar refractivity (Wildman–Crippen MR) is 80.0 cm³/mol. The number of halogens is 1. The Balaban J connectivity index is 1.99. The Bertz CT molecular complexity index is 510. The molecule has 0 unspecified atom stereocenters. The SMILES string of the molecule is CC(C)(C)OCC1CN(c2cc(Br)cnc2[N+](=O)[O-])C1. The molecule has 7 heteroatoms. The normalized spacial score (nSPS) is 16.1. The predicted octanol–water partition coefficient (Wildman–Crippen LogP) is 3.00. The van der Waals surface area contributed by atoms with Gasteiger partial charge in [-0.1, -0.05) is 0 Å². The third kappa shape index (κ3) is 3.67. The van der Waals surface area contributed by atoms with Crippen LogP contribution in [0.25, 0.3) is 0 Å². The molecule has 0 aliphatic carbocycles. The maximum atomic E-state index is 11.0. The highest BCUT2D eigenvalue weighted by molar-refractivity contribution is 9.10. The number of hydrogen-bond acceptors (Lipinski definition) is 5. The molecule has 20 heavy (non-hydrogen) atoms. The van der Waals surface area contributed by atoms with Crippen molar-refractivity contribution >= 4 is 27.4 Å². The monoisotopic (exact) mass is 343 g/mol. The first kappa shape index (κ1) is 15.2. The fourth-order valence-corrected chi connectivity index (χ4v) is 2.35. The van der Waals surface area contributed by atoms with Gasteiger partial charge < -0.3 is 19.8 Å². The molecule has 1 fully saturated rings. The van der Waals surface area contributed by atoms with Crippen LogP contribution in [-0.4, -0.2) is 35.2 Å². The van der Waals surface area contributed by atoms with E-state index in [1.807, 2.05) is 25.7 Å². The summed E-state index contributed by atoms with van der Waals surface area (Å²) in [5.41, 5.74) is 0.417. The van der Waals surface area contributed by atoms with Crippen LogP contribution in [-0.2, 0) is 4.74 Å². The molecule has 110 valence electrons. The first-order chi connectivity index (χ1) is 9.26. The van der Waals surface area contributed by atoms with E-state index in [2.05, 4.69) is 20.9 Å². The molecule has 1 aliphatic rings. The van der Waals surface area contributed by atoms with Gasteiger partial charge in [-0.15, -0.1) is 0 Å². The van der Waals surface area contributed by atoms with Crippen LogP contribution in [0.1, 0.15) is 20.8 Å². The van der Waals surface area contributed by atoms with E-state index in [1.165, 1.54) is 6.20 Å². The molecule has 1 aliphatic heterocycles. The van der Waals surface area contributed by atoms with Crippen molar-refractivity contribution in [3.8, 4) is 0 Å². The Kier molecular flexibility index (Phi) is 4.29. The average molecular weight is 344 g/mol. The second kappa shape index (κ2) is 5.65. The molecule has 1 aromatic heterocycles. The minimum Gasteiger partial charge on any atom is -0.375 e. The topological polar surface area (TPSA) is 68.5 Å². The lowest BCUT2D eigenvalue weighted by Gasteiger charge is -2.41. The number of nitrogens with zero attached hydrogens (tertiary/aromatic N) is 3. The maximum absolute atomic E-state index is 11.0. The van der Waals surface area contributed by atoms with E-state index < -0.39 is 4.92 Å². The molecule has 2 rings (SSSR count). The molecule has 0 atom stereocenters. The number of rotatable bonds is 4. The van der Waals surface area contributed by atoms with Crippen molar-refractivity contribution in [1.82, 2.24) is 4.98 Å². The highest BCUT2D eigenvalue weighted by Crippen LogP contribution is 2.33. The molecule has 1 aromatic rings. The van der Waals surface area contributed by atoms with Crippen molar-refractivity contribution in [3.05, 3.63) is 26.9 Å². The maximum Gasteiger partial charge on any atom is 0.387 e. The summed E-state index contributed by atoms with van der Waals surface area (Å²) >= 11 is 3.30. The summed E-state index contributed by atoms with van der Waals surface area (Å²) in [5.74, 6) is 0.316. The Hall–Kier alpha value is -1.21. The molecule has 6 nitrogen and oxygen atoms in total. The van der Waals surface area contributed by atoms with Gasteiger partial charge in [0.25, 0.3) is 0 Å². The molecular formula is C13H18BrN3O3. The fourth-order valence-electron chi connectivity index (χ4n) is 2.03. The van der Waals surface area contributed by atoms with Gasteiger partial charge in [-0.3, -0.25) is 0 Å². The van der Waals surface area contributed by atoms with Gasteiger partial charge in [0, 0.05) is 19.0 Å². The molecule has 2 heterocycles. The van der Waals surface area contributed by atoms with E-state index in [0.29, 0.717) is 18.2 Å². The molecule has 0 spiro atoms. The minimum atomic E-state index is -0.444. The fraction of sp³-hybridized carbons (Fsp3) is 0.615. The zero-order chi connectivity index (χ0) is 14.9. The minimum absolute atomic E-state index is 0.0941. The van der Waals surface area contributed by atoms with E-state index >= 15 is 0 Å². The van der Waals surface area contributed by atoms with Crippen molar-refractivity contribution in [2.45, 2.75) is 26.4 Å². The molecule has 0 saturated carbocycles. The number of hydrogen-bond donors (Lipinski definition) is 0. The smallest absolute Gasteiger partial charge is 0.375 e. The first-order valence-electron chi connectivity index (χ1n) is 6.45. The quantitative estimate of drug-likeness (QED) is 0.620. The first-order valence-corrected chi connectivity index (χ1v) is 7.24. The largest absolute Gasteiger partial charge is 0.387 e. The van der Waals surface area contributed by atoms with Crippen molar-refractivity contribution in [3.63, 3.8) is 0 Å². The van der Waals surface area contributed by atoms with Crippen molar-refractivity contribution in [1.29, 1.82) is 0 Å². The molecule has 0 bridgehead atoms. The average Bonchev–Trinajstić information content (AvgIpc) is 2.24.